The number of rotatable bonds is 10. The van der Waals surface area contributed by atoms with Gasteiger partial charge in [-0.05, 0) is 56.2 Å². The number of para-hydroxylation sites is 2. The molecular formula is C23H26ClN3O2. The molecule has 1 amide bonds. The number of fused-ring (bicyclic) bond motifs is 1. The summed E-state index contributed by atoms with van der Waals surface area (Å²) in [5, 5.41) is 3.58. The van der Waals surface area contributed by atoms with Crippen LogP contribution in [0.2, 0.25) is 5.02 Å². The SMILES string of the molecule is C=C(C)C(=O)NCCCc1nc2ccccc2n1CCCOc1ccc(Cl)cc1. The number of benzene rings is 2. The number of hydrogen-bond acceptors (Lipinski definition) is 3. The average molecular weight is 412 g/mol. The third-order valence-electron chi connectivity index (χ3n) is 4.59. The minimum absolute atomic E-state index is 0.0992. The van der Waals surface area contributed by atoms with Gasteiger partial charge in [0.15, 0.2) is 0 Å². The summed E-state index contributed by atoms with van der Waals surface area (Å²) < 4.78 is 8.06. The minimum Gasteiger partial charge on any atom is -0.494 e. The summed E-state index contributed by atoms with van der Waals surface area (Å²) in [6.07, 6.45) is 2.48. The first-order valence-electron chi connectivity index (χ1n) is 9.81. The van der Waals surface area contributed by atoms with Crippen LogP contribution in [0.4, 0.5) is 0 Å². The molecule has 0 aliphatic carbocycles. The van der Waals surface area contributed by atoms with Crippen LogP contribution in [-0.4, -0.2) is 28.6 Å². The molecule has 0 bridgehead atoms. The summed E-state index contributed by atoms with van der Waals surface area (Å²) in [6, 6.07) is 15.5. The zero-order valence-corrected chi connectivity index (χ0v) is 17.4. The number of halogens is 1. The van der Waals surface area contributed by atoms with Gasteiger partial charge < -0.3 is 14.6 Å². The van der Waals surface area contributed by atoms with E-state index in [-0.39, 0.29) is 5.91 Å². The molecule has 0 aliphatic heterocycles. The summed E-state index contributed by atoms with van der Waals surface area (Å²) in [5.41, 5.74) is 2.64. The fourth-order valence-electron chi connectivity index (χ4n) is 3.11. The van der Waals surface area contributed by atoms with Crippen LogP contribution in [0.5, 0.6) is 5.75 Å². The van der Waals surface area contributed by atoms with E-state index < -0.39 is 0 Å². The maximum atomic E-state index is 11.6. The van der Waals surface area contributed by atoms with Crippen molar-refractivity contribution in [3.63, 3.8) is 0 Å². The first kappa shape index (κ1) is 20.9. The molecule has 1 N–H and O–H groups in total. The molecule has 1 heterocycles. The van der Waals surface area contributed by atoms with Gasteiger partial charge in [0.2, 0.25) is 5.91 Å². The zero-order valence-electron chi connectivity index (χ0n) is 16.7. The number of carbonyl (C=O) groups is 1. The topological polar surface area (TPSA) is 56.2 Å². The Morgan fingerprint density at radius 1 is 1.17 bits per heavy atom. The maximum Gasteiger partial charge on any atom is 0.246 e. The van der Waals surface area contributed by atoms with E-state index in [1.807, 2.05) is 42.5 Å². The molecular weight excluding hydrogens is 386 g/mol. The van der Waals surface area contributed by atoms with Crippen LogP contribution in [0.3, 0.4) is 0 Å². The molecule has 0 saturated heterocycles. The van der Waals surface area contributed by atoms with Gasteiger partial charge in [-0.1, -0.05) is 30.3 Å². The molecule has 29 heavy (non-hydrogen) atoms. The number of carbonyl (C=O) groups excluding carboxylic acids is 1. The fraction of sp³-hybridized carbons (Fsp3) is 0.304. The van der Waals surface area contributed by atoms with E-state index in [9.17, 15) is 4.79 Å². The lowest BCUT2D eigenvalue weighted by atomic mass is 10.2. The summed E-state index contributed by atoms with van der Waals surface area (Å²) in [7, 11) is 0. The van der Waals surface area contributed by atoms with Gasteiger partial charge in [0.1, 0.15) is 11.6 Å². The van der Waals surface area contributed by atoms with E-state index in [1.165, 1.54) is 0 Å². The second-order valence-electron chi connectivity index (χ2n) is 6.96. The van der Waals surface area contributed by atoms with Gasteiger partial charge in [-0.25, -0.2) is 4.98 Å². The third kappa shape index (κ3) is 5.84. The number of imidazole rings is 1. The Balaban J connectivity index is 1.58. The molecule has 1 aromatic heterocycles. The van der Waals surface area contributed by atoms with Crippen LogP contribution in [0.15, 0.2) is 60.7 Å². The Bertz CT molecular complexity index is 979. The van der Waals surface area contributed by atoms with Crippen molar-refractivity contribution in [2.45, 2.75) is 32.7 Å². The second kappa shape index (κ2) is 10.1. The zero-order chi connectivity index (χ0) is 20.6. The van der Waals surface area contributed by atoms with E-state index in [1.54, 1.807) is 6.92 Å². The van der Waals surface area contributed by atoms with Crippen molar-refractivity contribution in [3.05, 3.63) is 71.5 Å². The fourth-order valence-corrected chi connectivity index (χ4v) is 3.23. The molecule has 0 radical (unpaired) electrons. The molecule has 2 aromatic carbocycles. The Morgan fingerprint density at radius 3 is 2.69 bits per heavy atom. The Labute approximate surface area is 176 Å². The number of aromatic nitrogens is 2. The van der Waals surface area contributed by atoms with E-state index in [2.05, 4.69) is 22.5 Å². The lowest BCUT2D eigenvalue weighted by Gasteiger charge is -2.11. The highest BCUT2D eigenvalue weighted by atomic mass is 35.5. The molecule has 0 saturated carbocycles. The highest BCUT2D eigenvalue weighted by Crippen LogP contribution is 2.19. The molecule has 152 valence electrons. The molecule has 3 rings (SSSR count). The first-order chi connectivity index (χ1) is 14.0. The monoisotopic (exact) mass is 411 g/mol. The highest BCUT2D eigenvalue weighted by molar-refractivity contribution is 6.30. The normalized spacial score (nSPS) is 10.8. The Morgan fingerprint density at radius 2 is 1.93 bits per heavy atom. The molecule has 0 aliphatic rings. The molecule has 6 heteroatoms. The van der Waals surface area contributed by atoms with E-state index in [0.29, 0.717) is 23.7 Å². The number of nitrogens with zero attached hydrogens (tertiary/aromatic N) is 2. The van der Waals surface area contributed by atoms with E-state index in [4.69, 9.17) is 21.3 Å². The van der Waals surface area contributed by atoms with Gasteiger partial charge in [-0.3, -0.25) is 4.79 Å². The van der Waals surface area contributed by atoms with Crippen molar-refractivity contribution in [1.82, 2.24) is 14.9 Å². The standard InChI is InChI=1S/C23H26ClN3O2/c1-17(2)23(28)25-14-5-9-22-26-20-7-3-4-8-21(20)27(22)15-6-16-29-19-12-10-18(24)11-13-19/h3-4,7-8,10-13H,1,5-6,9,14-16H2,2H3,(H,25,28). The first-order valence-corrected chi connectivity index (χ1v) is 10.2. The number of aryl methyl sites for hydroxylation is 2. The van der Waals surface area contributed by atoms with Gasteiger partial charge >= 0.3 is 0 Å². The number of amides is 1. The van der Waals surface area contributed by atoms with Gasteiger partial charge in [-0.15, -0.1) is 0 Å². The Hall–Kier alpha value is -2.79. The molecule has 0 fully saturated rings. The van der Waals surface area contributed by atoms with Gasteiger partial charge in [-0.2, -0.15) is 0 Å². The molecule has 5 nitrogen and oxygen atoms in total. The molecule has 3 aromatic rings. The maximum absolute atomic E-state index is 11.6. The second-order valence-corrected chi connectivity index (χ2v) is 7.40. The van der Waals surface area contributed by atoms with Crippen LogP contribution < -0.4 is 10.1 Å². The highest BCUT2D eigenvalue weighted by Gasteiger charge is 2.10. The summed E-state index contributed by atoms with van der Waals surface area (Å²) in [4.78, 5) is 16.4. The lowest BCUT2D eigenvalue weighted by molar-refractivity contribution is -0.117. The van der Waals surface area contributed by atoms with E-state index in [0.717, 1.165) is 48.4 Å². The van der Waals surface area contributed by atoms with Gasteiger partial charge in [0.05, 0.1) is 17.6 Å². The van der Waals surface area contributed by atoms with Crippen molar-refractivity contribution in [2.24, 2.45) is 0 Å². The predicted octanol–water partition coefficient (Wildman–Crippen LogP) is 4.78. The Kier molecular flexibility index (Phi) is 7.30. The number of hydrogen-bond donors (Lipinski definition) is 1. The predicted molar refractivity (Wildman–Crippen MR) is 117 cm³/mol. The number of ether oxygens (including phenoxy) is 1. The van der Waals surface area contributed by atoms with Crippen molar-refractivity contribution >= 4 is 28.5 Å². The number of nitrogens with one attached hydrogen (secondary N) is 1. The van der Waals surface area contributed by atoms with Crippen LogP contribution in [-0.2, 0) is 17.8 Å². The van der Waals surface area contributed by atoms with Crippen molar-refractivity contribution in [2.75, 3.05) is 13.2 Å². The largest absolute Gasteiger partial charge is 0.494 e. The summed E-state index contributed by atoms with van der Waals surface area (Å²) in [5.74, 6) is 1.75. The summed E-state index contributed by atoms with van der Waals surface area (Å²) >= 11 is 5.90. The van der Waals surface area contributed by atoms with Crippen molar-refractivity contribution in [3.8, 4) is 5.75 Å². The van der Waals surface area contributed by atoms with Crippen LogP contribution >= 0.6 is 11.6 Å². The van der Waals surface area contributed by atoms with Gasteiger partial charge in [0.25, 0.3) is 0 Å². The van der Waals surface area contributed by atoms with Gasteiger partial charge in [0, 0.05) is 30.1 Å². The molecule has 0 unspecified atom stereocenters. The molecule has 0 atom stereocenters. The smallest absolute Gasteiger partial charge is 0.246 e. The lowest BCUT2D eigenvalue weighted by Crippen LogP contribution is -2.25. The van der Waals surface area contributed by atoms with Crippen molar-refractivity contribution < 1.29 is 9.53 Å². The van der Waals surface area contributed by atoms with Crippen LogP contribution in [0.1, 0.15) is 25.6 Å². The van der Waals surface area contributed by atoms with Crippen molar-refractivity contribution in [1.29, 1.82) is 0 Å². The summed E-state index contributed by atoms with van der Waals surface area (Å²) in [6.45, 7) is 7.41. The third-order valence-corrected chi connectivity index (χ3v) is 4.84. The minimum atomic E-state index is -0.0992. The van der Waals surface area contributed by atoms with Crippen LogP contribution in [0, 0.1) is 0 Å². The quantitative estimate of drug-likeness (QED) is 0.385. The average Bonchev–Trinajstić information content (AvgIpc) is 3.07. The molecule has 0 spiro atoms. The van der Waals surface area contributed by atoms with Crippen LogP contribution in [0.25, 0.3) is 11.0 Å². The van der Waals surface area contributed by atoms with E-state index >= 15 is 0 Å².